The van der Waals surface area contributed by atoms with Crippen molar-refractivity contribution in [3.8, 4) is 11.3 Å². The predicted octanol–water partition coefficient (Wildman–Crippen LogP) is 7.84. The number of carbonyl (C=O) groups is 6. The molecule has 0 saturated carbocycles. The van der Waals surface area contributed by atoms with Crippen molar-refractivity contribution in [3.63, 3.8) is 0 Å². The number of fused-ring (bicyclic) bond motifs is 1. The maximum absolute atomic E-state index is 14.0. The molecule has 4 atom stereocenters. The van der Waals surface area contributed by atoms with Crippen LogP contribution in [0.5, 0.6) is 0 Å². The number of nitrogens with zero attached hydrogens (tertiary/aromatic N) is 2. The molecule has 4 aromatic carbocycles. The summed E-state index contributed by atoms with van der Waals surface area (Å²) in [5, 5.41) is 12.2. The normalized spacial score (nSPS) is 17.1. The zero-order chi connectivity index (χ0) is 45.5. The Labute approximate surface area is 372 Å². The van der Waals surface area contributed by atoms with Gasteiger partial charge in [0.15, 0.2) is 0 Å². The Morgan fingerprint density at radius 2 is 1.14 bits per heavy atom. The van der Waals surface area contributed by atoms with Crippen molar-refractivity contribution in [3.05, 3.63) is 120 Å². The Morgan fingerprint density at radius 1 is 0.641 bits per heavy atom. The third-order valence-electron chi connectivity index (χ3n) is 11.1. The average molecular weight is 870 g/mol. The number of carbonyl (C=O) groups excluding carboxylic acids is 6. The summed E-state index contributed by atoms with van der Waals surface area (Å²) >= 11 is 0. The lowest BCUT2D eigenvalue weighted by Gasteiger charge is -2.29. The van der Waals surface area contributed by atoms with Crippen molar-refractivity contribution >= 4 is 58.1 Å². The van der Waals surface area contributed by atoms with Gasteiger partial charge in [-0.25, -0.2) is 9.59 Å². The predicted molar refractivity (Wildman–Crippen MR) is 243 cm³/mol. The van der Waals surface area contributed by atoms with Gasteiger partial charge in [-0.05, 0) is 113 Å². The molecule has 0 bridgehead atoms. The summed E-state index contributed by atoms with van der Waals surface area (Å²) in [6, 6.07) is 29.1. The molecule has 0 unspecified atom stereocenters. The Bertz CT molecular complexity index is 2480. The van der Waals surface area contributed by atoms with Crippen LogP contribution in [0.3, 0.4) is 0 Å². The second-order valence-corrected chi connectivity index (χ2v) is 17.4. The van der Waals surface area contributed by atoms with Crippen molar-refractivity contribution < 1.29 is 38.2 Å². The number of nitrogens with one attached hydrogen (secondary N) is 5. The first kappa shape index (κ1) is 44.9. The highest BCUT2D eigenvalue weighted by atomic mass is 16.6. The smallest absolute Gasteiger partial charge is 0.408 e. The van der Waals surface area contributed by atoms with Crippen LogP contribution < -0.4 is 21.3 Å². The molecule has 64 heavy (non-hydrogen) atoms. The molecular weight excluding hydrogens is 815 g/mol. The van der Waals surface area contributed by atoms with Crippen molar-refractivity contribution in [2.24, 2.45) is 0 Å². The van der Waals surface area contributed by atoms with Gasteiger partial charge >= 0.3 is 12.2 Å². The molecule has 0 spiro atoms. The molecular formula is C49H55N7O8. The first-order chi connectivity index (χ1) is 30.6. The van der Waals surface area contributed by atoms with Crippen molar-refractivity contribution in [1.29, 1.82) is 0 Å². The third kappa shape index (κ3) is 10.9. The molecule has 6 amide bonds. The van der Waals surface area contributed by atoms with E-state index in [2.05, 4.69) is 26.3 Å². The first-order valence-corrected chi connectivity index (χ1v) is 21.7. The van der Waals surface area contributed by atoms with E-state index in [1.165, 1.54) is 9.80 Å². The summed E-state index contributed by atoms with van der Waals surface area (Å²) in [6.45, 7) is 9.42. The molecule has 15 heteroatoms. The molecule has 5 aromatic rings. The Balaban J connectivity index is 0.987. The number of alkyl carbamates (subject to hydrolysis) is 2. The maximum Gasteiger partial charge on any atom is 0.408 e. The summed E-state index contributed by atoms with van der Waals surface area (Å²) in [7, 11) is 0. The number of hydrogen-bond donors (Lipinski definition) is 5. The summed E-state index contributed by atoms with van der Waals surface area (Å²) in [5.74, 6) is -1.44. The quantitative estimate of drug-likeness (QED) is 0.0838. The summed E-state index contributed by atoms with van der Waals surface area (Å²) in [5.41, 5.74) is 4.04. The summed E-state index contributed by atoms with van der Waals surface area (Å²) < 4.78 is 10.7. The fourth-order valence-corrected chi connectivity index (χ4v) is 8.15. The van der Waals surface area contributed by atoms with Gasteiger partial charge in [-0.15, -0.1) is 0 Å². The molecule has 2 aliphatic rings. The topological polar surface area (TPSA) is 191 Å². The van der Waals surface area contributed by atoms with E-state index in [1.54, 1.807) is 101 Å². The zero-order valence-corrected chi connectivity index (χ0v) is 36.7. The molecule has 5 N–H and O–H groups in total. The Morgan fingerprint density at radius 3 is 1.66 bits per heavy atom. The average Bonchev–Trinajstić information content (AvgIpc) is 4.05. The SMILES string of the molecule is CC(C)OC(=O)N[C@@H](C(=O)N1CCC[C@H]1C(=O)Nc1ccc2[nH]c(-c3ccc(NC(=O)[C@@H]4CCCN4C(=O)[C@H](NC(=O)OC(C)(C)C)c4ccccc4)cc3)cc2c1)c1ccccc1. The number of H-pyrrole nitrogens is 1. The monoisotopic (exact) mass is 869 g/mol. The number of aromatic amines is 1. The third-order valence-corrected chi connectivity index (χ3v) is 11.1. The highest BCUT2D eigenvalue weighted by Gasteiger charge is 2.40. The number of hydrogen-bond acceptors (Lipinski definition) is 8. The molecule has 334 valence electrons. The number of likely N-dealkylation sites (tertiary alicyclic amines) is 2. The number of benzene rings is 4. The van der Waals surface area contributed by atoms with Crippen LogP contribution in [0.1, 0.15) is 83.5 Å². The second-order valence-electron chi connectivity index (χ2n) is 17.4. The van der Waals surface area contributed by atoms with Gasteiger partial charge in [0.2, 0.25) is 11.8 Å². The minimum Gasteiger partial charge on any atom is -0.447 e. The van der Waals surface area contributed by atoms with Crippen LogP contribution >= 0.6 is 0 Å². The minimum absolute atomic E-state index is 0.325. The van der Waals surface area contributed by atoms with Gasteiger partial charge in [-0.2, -0.15) is 0 Å². The fourth-order valence-electron chi connectivity index (χ4n) is 8.15. The molecule has 7 rings (SSSR count). The van der Waals surface area contributed by atoms with E-state index in [4.69, 9.17) is 9.47 Å². The van der Waals surface area contributed by atoms with Gasteiger partial charge < -0.3 is 45.5 Å². The van der Waals surface area contributed by atoms with Crippen LogP contribution in [-0.2, 0) is 28.7 Å². The van der Waals surface area contributed by atoms with Gasteiger partial charge in [0.25, 0.3) is 11.8 Å². The highest BCUT2D eigenvalue weighted by molar-refractivity contribution is 6.01. The molecule has 0 radical (unpaired) electrons. The lowest BCUT2D eigenvalue weighted by atomic mass is 10.0. The summed E-state index contributed by atoms with van der Waals surface area (Å²) in [6.07, 6.45) is 0.390. The Kier molecular flexibility index (Phi) is 13.7. The van der Waals surface area contributed by atoms with E-state index in [0.717, 1.165) is 22.2 Å². The number of rotatable bonds is 12. The maximum atomic E-state index is 14.0. The number of anilines is 2. The van der Waals surface area contributed by atoms with Crippen LogP contribution in [0.4, 0.5) is 21.0 Å². The van der Waals surface area contributed by atoms with Crippen LogP contribution in [-0.4, -0.2) is 87.5 Å². The van der Waals surface area contributed by atoms with Gasteiger partial charge in [-0.3, -0.25) is 19.2 Å². The van der Waals surface area contributed by atoms with E-state index >= 15 is 0 Å². The Hall–Kier alpha value is -7.16. The highest BCUT2D eigenvalue weighted by Crippen LogP contribution is 2.30. The van der Waals surface area contributed by atoms with Gasteiger partial charge in [0.05, 0.1) is 6.10 Å². The van der Waals surface area contributed by atoms with Crippen molar-refractivity contribution in [2.45, 2.75) is 96.2 Å². The lowest BCUT2D eigenvalue weighted by molar-refractivity contribution is -0.138. The lowest BCUT2D eigenvalue weighted by Crippen LogP contribution is -2.49. The van der Waals surface area contributed by atoms with Crippen molar-refractivity contribution in [1.82, 2.24) is 25.4 Å². The molecule has 1 aromatic heterocycles. The molecule has 2 fully saturated rings. The zero-order valence-electron chi connectivity index (χ0n) is 36.7. The van der Waals surface area contributed by atoms with E-state index < -0.39 is 53.8 Å². The number of ether oxygens (including phenoxy) is 2. The standard InChI is InChI=1S/C49H55N7O8/c1-30(2)63-47(61)53-41(32-14-8-6-9-15-32)45(59)56-27-13-19-40(56)44(58)51-36-24-25-37-34(28-36)29-38(52-37)31-20-22-35(23-21-31)50-43(57)39-18-12-26-55(39)46(60)42(33-16-10-7-11-17-33)54-48(62)64-49(3,4)5/h6-11,14-17,20-25,28-30,39-42,52H,12-13,18-19,26-27H2,1-5H3,(H,50,57)(H,51,58)(H,53,61)(H,54,62)/t39-,40-,41+,42+/m0/s1. The van der Waals surface area contributed by atoms with Crippen LogP contribution in [0.25, 0.3) is 22.2 Å². The molecule has 2 saturated heterocycles. The van der Waals surface area contributed by atoms with Gasteiger partial charge in [-0.1, -0.05) is 72.8 Å². The fraction of sp³-hybridized carbons (Fsp3) is 0.347. The number of aromatic nitrogens is 1. The second kappa shape index (κ2) is 19.5. The van der Waals surface area contributed by atoms with E-state index in [9.17, 15) is 28.8 Å². The largest absolute Gasteiger partial charge is 0.447 e. The first-order valence-electron chi connectivity index (χ1n) is 21.7. The molecule has 2 aliphatic heterocycles. The molecule has 3 heterocycles. The van der Waals surface area contributed by atoms with E-state index in [1.807, 2.05) is 42.5 Å². The number of amides is 6. The van der Waals surface area contributed by atoms with E-state index in [0.29, 0.717) is 61.3 Å². The van der Waals surface area contributed by atoms with Gasteiger partial charge in [0.1, 0.15) is 29.8 Å². The summed E-state index contributed by atoms with van der Waals surface area (Å²) in [4.78, 5) is 87.3. The van der Waals surface area contributed by atoms with Crippen LogP contribution in [0.2, 0.25) is 0 Å². The van der Waals surface area contributed by atoms with Crippen LogP contribution in [0.15, 0.2) is 109 Å². The molecule has 0 aliphatic carbocycles. The van der Waals surface area contributed by atoms with Crippen LogP contribution in [0, 0.1) is 0 Å². The van der Waals surface area contributed by atoms with Gasteiger partial charge in [0, 0.05) is 41.1 Å². The van der Waals surface area contributed by atoms with E-state index in [-0.39, 0.29) is 17.9 Å². The minimum atomic E-state index is -1.04. The van der Waals surface area contributed by atoms with Crippen molar-refractivity contribution in [2.75, 3.05) is 23.7 Å². The molecule has 15 nitrogen and oxygen atoms in total.